The van der Waals surface area contributed by atoms with E-state index in [4.69, 9.17) is 4.74 Å². The molecule has 0 unspecified atom stereocenters. The molecule has 1 atom stereocenters. The molecular weight excluding hydrogens is 471 g/mol. The van der Waals surface area contributed by atoms with Crippen LogP contribution in [0.4, 0.5) is 10.1 Å². The van der Waals surface area contributed by atoms with Crippen LogP contribution in [0.2, 0.25) is 0 Å². The third-order valence-electron chi connectivity index (χ3n) is 4.01. The van der Waals surface area contributed by atoms with E-state index >= 15 is 0 Å². The third-order valence-corrected chi connectivity index (χ3v) is 4.50. The molecule has 0 spiro atoms. The van der Waals surface area contributed by atoms with Crippen LogP contribution in [0.25, 0.3) is 0 Å². The molecule has 31 heavy (non-hydrogen) atoms. The molecule has 8 nitrogen and oxygen atoms in total. The lowest BCUT2D eigenvalue weighted by atomic mass is 10.2. The van der Waals surface area contributed by atoms with Crippen molar-refractivity contribution in [3.63, 3.8) is 0 Å². The molecule has 3 amide bonds. The summed E-state index contributed by atoms with van der Waals surface area (Å²) in [6.45, 7) is 3.34. The van der Waals surface area contributed by atoms with E-state index in [2.05, 4.69) is 37.1 Å². The number of hydrazone groups is 1. The summed E-state index contributed by atoms with van der Waals surface area (Å²) in [4.78, 5) is 35.3. The van der Waals surface area contributed by atoms with Crippen molar-refractivity contribution in [3.05, 3.63) is 58.3 Å². The molecule has 0 heterocycles. The third kappa shape index (κ3) is 8.17. The molecule has 10 heteroatoms. The Balaban J connectivity index is 1.85. The summed E-state index contributed by atoms with van der Waals surface area (Å²) in [5, 5.41) is 8.69. The van der Waals surface area contributed by atoms with Crippen LogP contribution in [0.1, 0.15) is 25.8 Å². The highest BCUT2D eigenvalue weighted by Crippen LogP contribution is 2.19. The van der Waals surface area contributed by atoms with Crippen molar-refractivity contribution < 1.29 is 23.5 Å². The minimum Gasteiger partial charge on any atom is -0.484 e. The Morgan fingerprint density at radius 2 is 1.97 bits per heavy atom. The normalized spacial score (nSPS) is 11.6. The summed E-state index contributed by atoms with van der Waals surface area (Å²) in [7, 11) is 0. The topological polar surface area (TPSA) is 109 Å². The summed E-state index contributed by atoms with van der Waals surface area (Å²) in [6.07, 6.45) is 2.03. The number of benzene rings is 2. The van der Waals surface area contributed by atoms with Crippen LogP contribution in [-0.2, 0) is 14.4 Å². The first kappa shape index (κ1) is 24.0. The van der Waals surface area contributed by atoms with E-state index in [1.165, 1.54) is 18.3 Å². The van der Waals surface area contributed by atoms with E-state index in [0.717, 1.165) is 0 Å². The zero-order valence-electron chi connectivity index (χ0n) is 16.9. The van der Waals surface area contributed by atoms with Gasteiger partial charge < -0.3 is 15.4 Å². The van der Waals surface area contributed by atoms with Crippen LogP contribution in [0.15, 0.2) is 52.0 Å². The zero-order chi connectivity index (χ0) is 22.8. The van der Waals surface area contributed by atoms with Crippen LogP contribution in [0.5, 0.6) is 5.75 Å². The van der Waals surface area contributed by atoms with E-state index < -0.39 is 23.5 Å². The first-order valence-corrected chi connectivity index (χ1v) is 10.2. The number of amides is 3. The molecule has 0 aromatic heterocycles. The Kier molecular flexibility index (Phi) is 9.13. The maximum absolute atomic E-state index is 13.8. The Morgan fingerprint density at radius 1 is 1.19 bits per heavy atom. The average molecular weight is 493 g/mol. The monoisotopic (exact) mass is 492 g/mol. The molecule has 3 N–H and O–H groups in total. The van der Waals surface area contributed by atoms with E-state index in [1.807, 2.05) is 6.92 Å². The number of hydrogen-bond acceptors (Lipinski definition) is 5. The van der Waals surface area contributed by atoms with E-state index in [0.29, 0.717) is 22.2 Å². The highest BCUT2D eigenvalue weighted by molar-refractivity contribution is 9.10. The molecular formula is C21H22BrFN4O4. The molecule has 2 aromatic rings. The van der Waals surface area contributed by atoms with Gasteiger partial charge in [0.1, 0.15) is 11.6 Å². The summed E-state index contributed by atoms with van der Waals surface area (Å²) in [5.74, 6) is -2.37. The minimum atomic E-state index is -0.874. The Hall–Kier alpha value is -3.27. The van der Waals surface area contributed by atoms with Crippen molar-refractivity contribution in [2.24, 2.45) is 5.10 Å². The summed E-state index contributed by atoms with van der Waals surface area (Å²) in [5.41, 5.74) is 2.76. The molecule has 0 saturated heterocycles. The summed E-state index contributed by atoms with van der Waals surface area (Å²) >= 11 is 3.14. The molecule has 0 radical (unpaired) electrons. The number of anilines is 1. The number of carbonyl (C=O) groups is 3. The van der Waals surface area contributed by atoms with Gasteiger partial charge in [0, 0.05) is 10.5 Å². The lowest BCUT2D eigenvalue weighted by Crippen LogP contribution is -2.41. The Labute approximate surface area is 187 Å². The van der Waals surface area contributed by atoms with Crippen molar-refractivity contribution in [2.45, 2.75) is 26.3 Å². The standard InChI is InChI=1S/C21H22BrFN4O4/c1-3-13(2)25-20(29)21(30)27-24-11-14-5-4-6-16(9-14)31-12-19(28)26-18-8-7-15(22)10-17(18)23/h4-11,13H,3,12H2,1-2H3,(H,25,29)(H,26,28)(H,27,30)/b24-11-/t13-/m0/s1. The van der Waals surface area contributed by atoms with Crippen molar-refractivity contribution in [1.82, 2.24) is 10.7 Å². The number of ether oxygens (including phenoxy) is 1. The molecule has 0 saturated carbocycles. The highest BCUT2D eigenvalue weighted by Gasteiger charge is 2.14. The van der Waals surface area contributed by atoms with E-state index in [1.54, 1.807) is 37.3 Å². The summed E-state index contributed by atoms with van der Waals surface area (Å²) in [6, 6.07) is 10.7. The van der Waals surface area contributed by atoms with E-state index in [-0.39, 0.29) is 18.3 Å². The van der Waals surface area contributed by atoms with Crippen molar-refractivity contribution >= 4 is 45.6 Å². The van der Waals surface area contributed by atoms with Crippen molar-refractivity contribution in [3.8, 4) is 5.75 Å². The predicted molar refractivity (Wildman–Crippen MR) is 118 cm³/mol. The van der Waals surface area contributed by atoms with Crippen LogP contribution in [0, 0.1) is 5.82 Å². The van der Waals surface area contributed by atoms with Gasteiger partial charge in [-0.25, -0.2) is 9.82 Å². The van der Waals surface area contributed by atoms with Crippen molar-refractivity contribution in [2.75, 3.05) is 11.9 Å². The summed E-state index contributed by atoms with van der Waals surface area (Å²) < 4.78 is 19.7. The number of halogens is 2. The van der Waals surface area contributed by atoms with Gasteiger partial charge in [-0.1, -0.05) is 35.0 Å². The average Bonchev–Trinajstić information content (AvgIpc) is 2.74. The molecule has 0 aliphatic carbocycles. The molecule has 0 aliphatic rings. The predicted octanol–water partition coefficient (Wildman–Crippen LogP) is 2.97. The largest absolute Gasteiger partial charge is 0.484 e. The van der Waals surface area contributed by atoms with Gasteiger partial charge in [0.25, 0.3) is 5.91 Å². The van der Waals surface area contributed by atoms with Gasteiger partial charge in [0.05, 0.1) is 11.9 Å². The first-order chi connectivity index (χ1) is 14.8. The van der Waals surface area contributed by atoms with Gasteiger partial charge in [-0.15, -0.1) is 0 Å². The molecule has 164 valence electrons. The molecule has 0 aliphatic heterocycles. The first-order valence-electron chi connectivity index (χ1n) is 9.40. The van der Waals surface area contributed by atoms with Gasteiger partial charge in [0.15, 0.2) is 6.61 Å². The van der Waals surface area contributed by atoms with Crippen LogP contribution < -0.4 is 20.8 Å². The fraction of sp³-hybridized carbons (Fsp3) is 0.238. The second-order valence-corrected chi connectivity index (χ2v) is 7.43. The lowest BCUT2D eigenvalue weighted by Gasteiger charge is -2.09. The molecule has 2 aromatic carbocycles. The van der Waals surface area contributed by atoms with Crippen LogP contribution >= 0.6 is 15.9 Å². The van der Waals surface area contributed by atoms with E-state index in [9.17, 15) is 18.8 Å². The van der Waals surface area contributed by atoms with Gasteiger partial charge in [-0.2, -0.15) is 5.10 Å². The molecule has 0 fully saturated rings. The number of carbonyl (C=O) groups excluding carboxylic acids is 3. The second kappa shape index (κ2) is 11.8. The Morgan fingerprint density at radius 3 is 2.68 bits per heavy atom. The minimum absolute atomic E-state index is 0.0470. The number of rotatable bonds is 8. The fourth-order valence-corrected chi connectivity index (χ4v) is 2.55. The maximum Gasteiger partial charge on any atom is 0.329 e. The van der Waals surface area contributed by atoms with Crippen molar-refractivity contribution in [1.29, 1.82) is 0 Å². The second-order valence-electron chi connectivity index (χ2n) is 6.52. The maximum atomic E-state index is 13.8. The van der Waals surface area contributed by atoms with Gasteiger partial charge >= 0.3 is 11.8 Å². The Bertz CT molecular complexity index is 984. The molecule has 0 bridgehead atoms. The zero-order valence-corrected chi connectivity index (χ0v) is 18.5. The van der Waals surface area contributed by atoms with Crippen LogP contribution in [-0.4, -0.2) is 36.6 Å². The number of nitrogens with zero attached hydrogens (tertiary/aromatic N) is 1. The number of nitrogens with one attached hydrogen (secondary N) is 3. The quantitative estimate of drug-likeness (QED) is 0.299. The van der Waals surface area contributed by atoms with Gasteiger partial charge in [0.2, 0.25) is 0 Å². The van der Waals surface area contributed by atoms with Gasteiger partial charge in [-0.3, -0.25) is 14.4 Å². The number of hydrogen-bond donors (Lipinski definition) is 3. The lowest BCUT2D eigenvalue weighted by molar-refractivity contribution is -0.139. The SMILES string of the molecule is CC[C@H](C)NC(=O)C(=O)N/N=C\c1cccc(OCC(=O)Nc2ccc(Br)cc2F)c1. The highest BCUT2D eigenvalue weighted by atomic mass is 79.9. The smallest absolute Gasteiger partial charge is 0.329 e. The van der Waals surface area contributed by atoms with Gasteiger partial charge in [-0.05, 0) is 49.2 Å². The van der Waals surface area contributed by atoms with Crippen LogP contribution in [0.3, 0.4) is 0 Å². The molecule has 2 rings (SSSR count). The fourth-order valence-electron chi connectivity index (χ4n) is 2.22.